The number of nitrogens with zero attached hydrogens (tertiary/aromatic N) is 1. The van der Waals surface area contributed by atoms with E-state index in [1.807, 2.05) is 0 Å². The van der Waals surface area contributed by atoms with Crippen LogP contribution < -0.4 is 10.1 Å². The number of carbonyl (C=O) groups is 2. The van der Waals surface area contributed by atoms with Crippen molar-refractivity contribution in [1.29, 1.82) is 0 Å². The van der Waals surface area contributed by atoms with Crippen LogP contribution in [0, 0.1) is 0 Å². The van der Waals surface area contributed by atoms with Gasteiger partial charge in [0.25, 0.3) is 5.56 Å². The highest BCUT2D eigenvalue weighted by Gasteiger charge is 2.24. The van der Waals surface area contributed by atoms with Crippen molar-refractivity contribution >= 4 is 45.6 Å². The highest BCUT2D eigenvalue weighted by Crippen LogP contribution is 2.22. The van der Waals surface area contributed by atoms with Gasteiger partial charge in [0.2, 0.25) is 5.78 Å². The average Bonchev–Trinajstić information content (AvgIpc) is 3.28. The number of halogens is 1. The lowest BCUT2D eigenvalue weighted by molar-refractivity contribution is 0.0529. The van der Waals surface area contributed by atoms with Crippen molar-refractivity contribution in [2.24, 2.45) is 0 Å². The van der Waals surface area contributed by atoms with Crippen molar-refractivity contribution in [3.8, 4) is 0 Å². The first kappa shape index (κ1) is 20.1. The molecule has 0 bridgehead atoms. The van der Waals surface area contributed by atoms with Gasteiger partial charge in [0.05, 0.1) is 22.4 Å². The fourth-order valence-corrected chi connectivity index (χ4v) is 4.35. The van der Waals surface area contributed by atoms with Crippen molar-refractivity contribution in [2.75, 3.05) is 6.61 Å². The molecule has 0 atom stereocenters. The summed E-state index contributed by atoms with van der Waals surface area (Å²) >= 11 is 7.07. The lowest BCUT2D eigenvalue weighted by Crippen LogP contribution is -2.25. The number of carbonyl (C=O) groups excluding carboxylic acids is 2. The number of benzene rings is 2. The number of fused-ring (bicyclic) bond motifs is 1. The minimum absolute atomic E-state index is 0.135. The molecule has 0 fully saturated rings. The first-order valence-electron chi connectivity index (χ1n) is 9.22. The molecule has 0 radical (unpaired) electrons. The zero-order valence-corrected chi connectivity index (χ0v) is 17.5. The Bertz CT molecular complexity index is 1350. The fourth-order valence-electron chi connectivity index (χ4n) is 3.11. The second-order valence-corrected chi connectivity index (χ2v) is 7.93. The maximum absolute atomic E-state index is 13.2. The Kier molecular flexibility index (Phi) is 5.53. The van der Waals surface area contributed by atoms with Gasteiger partial charge in [-0.1, -0.05) is 54.1 Å². The van der Waals surface area contributed by atoms with Crippen LogP contribution in [0.25, 0.3) is 10.9 Å². The molecule has 2 aromatic heterocycles. The van der Waals surface area contributed by atoms with Crippen molar-refractivity contribution in [1.82, 2.24) is 4.40 Å². The SMILES string of the molecule is CCOC(=O)c1cc(C(=O)c2ccccc2)n2c(=O)c(=Cc3ccc(Cl)cc3)sc12. The van der Waals surface area contributed by atoms with E-state index in [-0.39, 0.29) is 29.2 Å². The van der Waals surface area contributed by atoms with E-state index in [0.29, 0.717) is 19.9 Å². The second kappa shape index (κ2) is 8.26. The summed E-state index contributed by atoms with van der Waals surface area (Å²) in [6.45, 7) is 1.89. The number of thiazole rings is 1. The maximum atomic E-state index is 13.2. The molecule has 0 spiro atoms. The van der Waals surface area contributed by atoms with Crippen molar-refractivity contribution < 1.29 is 14.3 Å². The summed E-state index contributed by atoms with van der Waals surface area (Å²) < 4.78 is 6.83. The molecule has 0 saturated heterocycles. The Balaban J connectivity index is 1.95. The van der Waals surface area contributed by atoms with Gasteiger partial charge in [-0.05, 0) is 36.8 Å². The summed E-state index contributed by atoms with van der Waals surface area (Å²) in [5.41, 5.74) is 1.20. The van der Waals surface area contributed by atoms with Crippen LogP contribution in [0.2, 0.25) is 5.02 Å². The topological polar surface area (TPSA) is 64.8 Å². The molecule has 0 aliphatic carbocycles. The van der Waals surface area contributed by atoms with Crippen LogP contribution in [0.1, 0.15) is 38.9 Å². The summed E-state index contributed by atoms with van der Waals surface area (Å²) in [4.78, 5) is 39.1. The van der Waals surface area contributed by atoms with Gasteiger partial charge < -0.3 is 4.74 Å². The summed E-state index contributed by atoms with van der Waals surface area (Å²) in [7, 11) is 0. The minimum Gasteiger partial charge on any atom is -0.462 e. The molecule has 30 heavy (non-hydrogen) atoms. The van der Waals surface area contributed by atoms with E-state index in [9.17, 15) is 14.4 Å². The number of ketones is 1. The lowest BCUT2D eigenvalue weighted by Gasteiger charge is -1.99. The van der Waals surface area contributed by atoms with Gasteiger partial charge >= 0.3 is 5.97 Å². The number of ether oxygens (including phenoxy) is 1. The Labute approximate surface area is 180 Å². The predicted molar refractivity (Wildman–Crippen MR) is 118 cm³/mol. The van der Waals surface area contributed by atoms with Crippen LogP contribution in [0.15, 0.2) is 65.5 Å². The van der Waals surface area contributed by atoms with Gasteiger partial charge in [0.1, 0.15) is 4.83 Å². The monoisotopic (exact) mass is 437 g/mol. The largest absolute Gasteiger partial charge is 0.462 e. The van der Waals surface area contributed by atoms with Gasteiger partial charge in [-0.2, -0.15) is 0 Å². The molecule has 4 aromatic rings. The van der Waals surface area contributed by atoms with Crippen LogP contribution in [0.5, 0.6) is 0 Å². The third-order valence-electron chi connectivity index (χ3n) is 4.51. The zero-order valence-electron chi connectivity index (χ0n) is 15.9. The number of esters is 1. The van der Waals surface area contributed by atoms with E-state index in [2.05, 4.69) is 0 Å². The molecule has 2 heterocycles. The Morgan fingerprint density at radius 3 is 2.47 bits per heavy atom. The molecule has 7 heteroatoms. The molecule has 0 amide bonds. The normalized spacial score (nSPS) is 11.7. The van der Waals surface area contributed by atoms with Crippen molar-refractivity contribution in [3.63, 3.8) is 0 Å². The van der Waals surface area contributed by atoms with E-state index >= 15 is 0 Å². The molecule has 2 aromatic carbocycles. The molecule has 0 aliphatic heterocycles. The van der Waals surface area contributed by atoms with E-state index in [1.165, 1.54) is 10.5 Å². The summed E-state index contributed by atoms with van der Waals surface area (Å²) in [6.07, 6.45) is 1.71. The summed E-state index contributed by atoms with van der Waals surface area (Å²) in [5, 5.41) is 0.592. The first-order chi connectivity index (χ1) is 14.5. The highest BCUT2D eigenvalue weighted by atomic mass is 35.5. The van der Waals surface area contributed by atoms with E-state index < -0.39 is 5.97 Å². The van der Waals surface area contributed by atoms with Crippen LogP contribution in [-0.2, 0) is 4.74 Å². The number of hydrogen-bond acceptors (Lipinski definition) is 5. The van der Waals surface area contributed by atoms with Gasteiger partial charge in [-0.3, -0.25) is 14.0 Å². The quantitative estimate of drug-likeness (QED) is 0.350. The van der Waals surface area contributed by atoms with Gasteiger partial charge in [0.15, 0.2) is 0 Å². The smallest absolute Gasteiger partial charge is 0.341 e. The van der Waals surface area contributed by atoms with E-state index in [1.54, 1.807) is 67.6 Å². The first-order valence-corrected chi connectivity index (χ1v) is 10.4. The Hall–Kier alpha value is -3.22. The van der Waals surface area contributed by atoms with Crippen LogP contribution in [-0.4, -0.2) is 22.8 Å². The van der Waals surface area contributed by atoms with Crippen LogP contribution in [0.4, 0.5) is 0 Å². The molecule has 0 saturated carbocycles. The standard InChI is InChI=1S/C23H16ClNO4S/c1-2-29-23(28)17-13-18(20(26)15-6-4-3-5-7-15)25-21(27)19(30-22(17)25)12-14-8-10-16(24)11-9-14/h3-13H,2H2,1H3. The van der Waals surface area contributed by atoms with Crippen molar-refractivity contribution in [2.45, 2.75) is 6.92 Å². The average molecular weight is 438 g/mol. The predicted octanol–water partition coefficient (Wildman–Crippen LogP) is 3.97. The minimum atomic E-state index is -0.568. The van der Waals surface area contributed by atoms with Crippen LogP contribution in [0.3, 0.4) is 0 Å². The Morgan fingerprint density at radius 2 is 1.80 bits per heavy atom. The maximum Gasteiger partial charge on any atom is 0.341 e. The molecule has 4 rings (SSSR count). The zero-order chi connectivity index (χ0) is 21.3. The van der Waals surface area contributed by atoms with Gasteiger partial charge in [-0.15, -0.1) is 11.3 Å². The lowest BCUT2D eigenvalue weighted by atomic mass is 10.1. The summed E-state index contributed by atoms with van der Waals surface area (Å²) in [5.74, 6) is -0.907. The summed E-state index contributed by atoms with van der Waals surface area (Å²) in [6, 6.07) is 17.1. The Morgan fingerprint density at radius 1 is 1.10 bits per heavy atom. The molecule has 0 unspecified atom stereocenters. The molecule has 0 N–H and O–H groups in total. The number of rotatable bonds is 5. The van der Waals surface area contributed by atoms with Gasteiger partial charge in [0, 0.05) is 10.6 Å². The molecular formula is C23H16ClNO4S. The van der Waals surface area contributed by atoms with Gasteiger partial charge in [-0.25, -0.2) is 4.79 Å². The third kappa shape index (κ3) is 3.67. The molecule has 150 valence electrons. The fraction of sp³-hybridized carbons (Fsp3) is 0.0870. The molecule has 0 aliphatic rings. The molecule has 5 nitrogen and oxygen atoms in total. The van der Waals surface area contributed by atoms with E-state index in [0.717, 1.165) is 16.9 Å². The highest BCUT2D eigenvalue weighted by molar-refractivity contribution is 7.15. The second-order valence-electron chi connectivity index (χ2n) is 6.47. The third-order valence-corrected chi connectivity index (χ3v) is 5.87. The van der Waals surface area contributed by atoms with E-state index in [4.69, 9.17) is 16.3 Å². The van der Waals surface area contributed by atoms with Crippen LogP contribution >= 0.6 is 22.9 Å². The molecular weight excluding hydrogens is 422 g/mol. The number of hydrogen-bond donors (Lipinski definition) is 0. The van der Waals surface area contributed by atoms with Crippen molar-refractivity contribution in [3.05, 3.63) is 103 Å². The number of aromatic nitrogens is 1.